The van der Waals surface area contributed by atoms with Crippen molar-refractivity contribution in [1.82, 2.24) is 19.9 Å². The quantitative estimate of drug-likeness (QED) is 0.184. The predicted molar refractivity (Wildman–Crippen MR) is 205 cm³/mol. The highest BCUT2D eigenvalue weighted by Gasteiger charge is 2.22. The largest absolute Gasteiger partial charge is 0.455 e. The van der Waals surface area contributed by atoms with Crippen molar-refractivity contribution in [2.45, 2.75) is 0 Å². The van der Waals surface area contributed by atoms with Gasteiger partial charge in [-0.15, -0.1) is 11.3 Å². The molecule has 0 aliphatic heterocycles. The summed E-state index contributed by atoms with van der Waals surface area (Å²) in [6.07, 6.45) is 3.65. The average molecular weight is 659 g/mol. The number of benzene rings is 6. The Hall–Kier alpha value is -6.50. The van der Waals surface area contributed by atoms with Crippen LogP contribution in [0.4, 0.5) is 0 Å². The first-order chi connectivity index (χ1) is 24.8. The highest BCUT2D eigenvalue weighted by molar-refractivity contribution is 7.26. The molecule has 4 aromatic heterocycles. The second kappa shape index (κ2) is 11.6. The zero-order chi connectivity index (χ0) is 33.0. The molecule has 6 aromatic carbocycles. The summed E-state index contributed by atoms with van der Waals surface area (Å²) in [5, 5.41) is 4.53. The Morgan fingerprint density at radius 2 is 1.10 bits per heavy atom. The van der Waals surface area contributed by atoms with Crippen LogP contribution in [0.2, 0.25) is 0 Å². The molecular weight excluding hydrogens is 633 g/mol. The van der Waals surface area contributed by atoms with Crippen LogP contribution in [-0.4, -0.2) is 19.9 Å². The molecular formula is C44H26N4OS. The van der Waals surface area contributed by atoms with Crippen molar-refractivity contribution in [1.29, 1.82) is 0 Å². The molecule has 0 amide bonds. The van der Waals surface area contributed by atoms with Crippen LogP contribution in [-0.2, 0) is 0 Å². The van der Waals surface area contributed by atoms with Crippen LogP contribution in [0.1, 0.15) is 0 Å². The van der Waals surface area contributed by atoms with E-state index in [1.165, 1.54) is 20.2 Å². The smallest absolute Gasteiger partial charge is 0.164 e. The summed E-state index contributed by atoms with van der Waals surface area (Å²) in [5.74, 6) is 1.81. The van der Waals surface area contributed by atoms with Gasteiger partial charge >= 0.3 is 0 Å². The van der Waals surface area contributed by atoms with E-state index in [4.69, 9.17) is 19.4 Å². The van der Waals surface area contributed by atoms with Gasteiger partial charge in [-0.2, -0.15) is 0 Å². The molecule has 4 heterocycles. The molecule has 0 unspecified atom stereocenters. The zero-order valence-corrected chi connectivity index (χ0v) is 27.4. The van der Waals surface area contributed by atoms with Gasteiger partial charge in [0, 0.05) is 71.2 Å². The minimum Gasteiger partial charge on any atom is -0.455 e. The maximum Gasteiger partial charge on any atom is 0.164 e. The number of hydrogen-bond acceptors (Lipinski definition) is 6. The van der Waals surface area contributed by atoms with Gasteiger partial charge < -0.3 is 4.42 Å². The van der Waals surface area contributed by atoms with Gasteiger partial charge in [-0.05, 0) is 41.5 Å². The van der Waals surface area contributed by atoms with Gasteiger partial charge in [0.15, 0.2) is 17.5 Å². The second-order valence-corrected chi connectivity index (χ2v) is 13.3. The lowest BCUT2D eigenvalue weighted by Crippen LogP contribution is -2.00. The molecule has 10 rings (SSSR count). The van der Waals surface area contributed by atoms with Crippen molar-refractivity contribution < 1.29 is 4.42 Å². The molecule has 0 radical (unpaired) electrons. The third-order valence-electron chi connectivity index (χ3n) is 9.27. The van der Waals surface area contributed by atoms with Crippen LogP contribution in [0.5, 0.6) is 0 Å². The van der Waals surface area contributed by atoms with E-state index in [9.17, 15) is 0 Å². The molecule has 0 aliphatic carbocycles. The van der Waals surface area contributed by atoms with Crippen LogP contribution in [0, 0.1) is 0 Å². The molecule has 10 aromatic rings. The summed E-state index contributed by atoms with van der Waals surface area (Å²) in [7, 11) is 0. The lowest BCUT2D eigenvalue weighted by molar-refractivity contribution is 0.670. The van der Waals surface area contributed by atoms with E-state index in [0.29, 0.717) is 17.5 Å². The molecule has 0 fully saturated rings. The van der Waals surface area contributed by atoms with Gasteiger partial charge in [0.1, 0.15) is 11.2 Å². The van der Waals surface area contributed by atoms with Gasteiger partial charge in [0.2, 0.25) is 0 Å². The van der Waals surface area contributed by atoms with Crippen LogP contribution >= 0.6 is 11.3 Å². The third-order valence-corrected chi connectivity index (χ3v) is 10.5. The van der Waals surface area contributed by atoms with Crippen molar-refractivity contribution in [2.24, 2.45) is 0 Å². The van der Waals surface area contributed by atoms with Crippen molar-refractivity contribution in [3.8, 4) is 56.4 Å². The summed E-state index contributed by atoms with van der Waals surface area (Å²) in [6, 6.07) is 50.1. The van der Waals surface area contributed by atoms with E-state index < -0.39 is 0 Å². The Kier molecular flexibility index (Phi) is 6.60. The van der Waals surface area contributed by atoms with Crippen molar-refractivity contribution >= 4 is 53.4 Å². The standard InChI is InChI=1S/C44H26N4OS/c1-2-10-28(11-3-1)42-46-43(29-21-19-27(20-22-29)30-12-9-25-45-26-30)48-44(47-42)36-24-23-32(40-39(36)35-14-4-6-17-37(35)49-40)34-16-8-15-33-31-13-5-7-18-38(31)50-41(33)34/h1-26H. The van der Waals surface area contributed by atoms with E-state index in [0.717, 1.165) is 60.9 Å². The summed E-state index contributed by atoms with van der Waals surface area (Å²) in [6.45, 7) is 0. The Morgan fingerprint density at radius 1 is 0.440 bits per heavy atom. The lowest BCUT2D eigenvalue weighted by atomic mass is 9.97. The fraction of sp³-hybridized carbons (Fsp3) is 0. The SMILES string of the molecule is c1ccc(-c2nc(-c3ccc(-c4cccnc4)cc3)nc(-c3ccc(-c4cccc5c4sc4ccccc45)c4oc5ccccc5c34)n2)cc1. The maximum absolute atomic E-state index is 6.74. The highest BCUT2D eigenvalue weighted by Crippen LogP contribution is 2.45. The fourth-order valence-electron chi connectivity index (χ4n) is 6.87. The molecule has 0 N–H and O–H groups in total. The first-order valence-electron chi connectivity index (χ1n) is 16.5. The number of pyridine rings is 1. The Morgan fingerprint density at radius 3 is 1.92 bits per heavy atom. The predicted octanol–water partition coefficient (Wildman–Crippen LogP) is 11.9. The van der Waals surface area contributed by atoms with E-state index in [1.807, 2.05) is 66.1 Å². The number of para-hydroxylation sites is 1. The van der Waals surface area contributed by atoms with Crippen molar-refractivity contribution in [3.05, 3.63) is 158 Å². The molecule has 234 valence electrons. The van der Waals surface area contributed by atoms with E-state index in [-0.39, 0.29) is 0 Å². The molecule has 6 heteroatoms. The number of aromatic nitrogens is 4. The van der Waals surface area contributed by atoms with Crippen LogP contribution in [0.25, 0.3) is 98.5 Å². The molecule has 0 bridgehead atoms. The first kappa shape index (κ1) is 28.5. The van der Waals surface area contributed by atoms with Crippen LogP contribution in [0.3, 0.4) is 0 Å². The molecule has 0 saturated heterocycles. The van der Waals surface area contributed by atoms with Crippen LogP contribution < -0.4 is 0 Å². The van der Waals surface area contributed by atoms with Crippen LogP contribution in [0.15, 0.2) is 162 Å². The zero-order valence-electron chi connectivity index (χ0n) is 26.6. The molecule has 5 nitrogen and oxygen atoms in total. The van der Waals surface area contributed by atoms with Gasteiger partial charge in [-0.25, -0.2) is 15.0 Å². The molecule has 50 heavy (non-hydrogen) atoms. The van der Waals surface area contributed by atoms with Gasteiger partial charge in [0.25, 0.3) is 0 Å². The molecule has 0 saturated carbocycles. The fourth-order valence-corrected chi connectivity index (χ4v) is 8.10. The summed E-state index contributed by atoms with van der Waals surface area (Å²) in [5.41, 5.74) is 8.68. The second-order valence-electron chi connectivity index (χ2n) is 12.2. The number of thiophene rings is 1. The summed E-state index contributed by atoms with van der Waals surface area (Å²) < 4.78 is 9.25. The van der Waals surface area contributed by atoms with E-state index in [2.05, 4.69) is 102 Å². The Balaban J connectivity index is 1.20. The first-order valence-corrected chi connectivity index (χ1v) is 17.3. The molecule has 0 spiro atoms. The lowest BCUT2D eigenvalue weighted by Gasteiger charge is -2.11. The minimum atomic E-state index is 0.591. The average Bonchev–Trinajstić information content (AvgIpc) is 3.78. The van der Waals surface area contributed by atoms with Crippen molar-refractivity contribution in [2.75, 3.05) is 0 Å². The third kappa shape index (κ3) is 4.69. The number of rotatable bonds is 5. The number of furan rings is 1. The normalized spacial score (nSPS) is 11.6. The van der Waals surface area contributed by atoms with Gasteiger partial charge in [0.05, 0.1) is 0 Å². The number of hydrogen-bond donors (Lipinski definition) is 0. The summed E-state index contributed by atoms with van der Waals surface area (Å²) in [4.78, 5) is 19.5. The van der Waals surface area contributed by atoms with Crippen molar-refractivity contribution in [3.63, 3.8) is 0 Å². The number of nitrogens with zero attached hydrogens (tertiary/aromatic N) is 4. The maximum atomic E-state index is 6.74. The van der Waals surface area contributed by atoms with Gasteiger partial charge in [-0.1, -0.05) is 115 Å². The summed E-state index contributed by atoms with van der Waals surface area (Å²) >= 11 is 1.82. The number of fused-ring (bicyclic) bond motifs is 6. The van der Waals surface area contributed by atoms with E-state index in [1.54, 1.807) is 6.20 Å². The molecule has 0 atom stereocenters. The Labute approximate surface area is 291 Å². The van der Waals surface area contributed by atoms with Gasteiger partial charge in [-0.3, -0.25) is 4.98 Å². The minimum absolute atomic E-state index is 0.591. The monoisotopic (exact) mass is 658 g/mol. The Bertz CT molecular complexity index is 2860. The molecule has 0 aliphatic rings. The highest BCUT2D eigenvalue weighted by atomic mass is 32.1. The van der Waals surface area contributed by atoms with E-state index >= 15 is 0 Å². The topological polar surface area (TPSA) is 64.7 Å².